The number of rotatable bonds is 7. The molecule has 7 nitrogen and oxygen atoms in total. The fraction of sp³-hybridized carbons (Fsp3) is 0.185. The van der Waals surface area contributed by atoms with Crippen molar-refractivity contribution in [1.82, 2.24) is 24.7 Å². The molecule has 2 aliphatic rings. The molecule has 1 aromatic heterocycles. The molecule has 0 radical (unpaired) electrons. The van der Waals surface area contributed by atoms with Crippen molar-refractivity contribution < 1.29 is 26.7 Å². The van der Waals surface area contributed by atoms with Gasteiger partial charge in [0.15, 0.2) is 17.5 Å². The molecule has 0 spiro atoms. The van der Waals surface area contributed by atoms with Crippen molar-refractivity contribution in [2.24, 2.45) is 0 Å². The molecule has 2 N–H and O–H groups in total. The lowest BCUT2D eigenvalue weighted by Crippen LogP contribution is -2.11. The van der Waals surface area contributed by atoms with Crippen molar-refractivity contribution in [3.8, 4) is 39.8 Å². The van der Waals surface area contributed by atoms with Gasteiger partial charge < -0.3 is 10.5 Å². The van der Waals surface area contributed by atoms with E-state index in [9.17, 15) is 22.0 Å². The molecule has 5 rings (SSSR count). The van der Waals surface area contributed by atoms with Crippen LogP contribution in [-0.2, 0) is 12.7 Å². The Bertz CT molecular complexity index is 1620. The van der Waals surface area contributed by atoms with Gasteiger partial charge in [0.1, 0.15) is 23.0 Å². The first-order chi connectivity index (χ1) is 18.6. The van der Waals surface area contributed by atoms with Gasteiger partial charge in [-0.05, 0) is 42.8 Å². The van der Waals surface area contributed by atoms with E-state index in [0.717, 1.165) is 12.1 Å². The van der Waals surface area contributed by atoms with Crippen LogP contribution in [0.5, 0.6) is 5.75 Å². The second-order valence-corrected chi connectivity index (χ2v) is 8.68. The number of hydrogen-bond acceptors (Lipinski definition) is 6. The van der Waals surface area contributed by atoms with E-state index in [2.05, 4.69) is 20.1 Å². The summed E-state index contributed by atoms with van der Waals surface area (Å²) in [6.45, 7) is 2.28. The maximum atomic E-state index is 14.2. The molecule has 0 unspecified atom stereocenters. The first kappa shape index (κ1) is 26.0. The highest BCUT2D eigenvalue weighted by molar-refractivity contribution is 5.68. The highest BCUT2D eigenvalue weighted by atomic mass is 19.4. The standard InChI is InChI=1S/C27H21F5N6O/c1-2-10-39-16-7-8-17(19(11-16)27(30,31)32)21-9-6-15(25(33)35-21)13-38-14-23-22(12-34-38)36-26(37-23)18-4-3-5-20(28)24(18)29/h3-9,11-12,14H,2,10,13H2,1H3,(H2,33,35). The lowest BCUT2D eigenvalue weighted by atomic mass is 10.0. The summed E-state index contributed by atoms with van der Waals surface area (Å²) in [6.07, 6.45) is -1.00. The minimum absolute atomic E-state index is 0.0127. The van der Waals surface area contributed by atoms with E-state index in [0.29, 0.717) is 30.0 Å². The Labute approximate surface area is 219 Å². The van der Waals surface area contributed by atoms with Gasteiger partial charge in [-0.2, -0.15) is 18.3 Å². The zero-order valence-corrected chi connectivity index (χ0v) is 20.5. The summed E-state index contributed by atoms with van der Waals surface area (Å²) >= 11 is 0. The van der Waals surface area contributed by atoms with Gasteiger partial charge in [0, 0.05) is 11.1 Å². The SMILES string of the molecule is CCCOc1ccc(-c2ccc(Cn3cc4nc(-c5cccc(F)c5F)nc-4cn3)c(N)n2)c(C(F)(F)F)c1. The zero-order chi connectivity index (χ0) is 27.7. The van der Waals surface area contributed by atoms with Crippen LogP contribution in [0.4, 0.5) is 27.8 Å². The van der Waals surface area contributed by atoms with E-state index in [4.69, 9.17) is 10.5 Å². The third-order valence-corrected chi connectivity index (χ3v) is 5.90. The van der Waals surface area contributed by atoms with Crippen molar-refractivity contribution in [3.63, 3.8) is 0 Å². The number of nitrogens with zero attached hydrogens (tertiary/aromatic N) is 5. The fourth-order valence-corrected chi connectivity index (χ4v) is 4.00. The second-order valence-electron chi connectivity index (χ2n) is 8.68. The number of fused-ring (bicyclic) bond motifs is 1. The van der Waals surface area contributed by atoms with Crippen molar-refractivity contribution in [3.05, 3.63) is 83.7 Å². The highest BCUT2D eigenvalue weighted by Crippen LogP contribution is 2.39. The predicted octanol–water partition coefficient (Wildman–Crippen LogP) is 6.22. The van der Waals surface area contributed by atoms with Crippen LogP contribution in [0.25, 0.3) is 34.0 Å². The predicted molar refractivity (Wildman–Crippen MR) is 134 cm³/mol. The van der Waals surface area contributed by atoms with Crippen LogP contribution in [0.15, 0.2) is 60.9 Å². The molecular formula is C27H21F5N6O. The minimum Gasteiger partial charge on any atom is -0.494 e. The number of hydrogen-bond donors (Lipinski definition) is 1. The maximum Gasteiger partial charge on any atom is 0.417 e. The number of pyridine rings is 1. The van der Waals surface area contributed by atoms with E-state index in [1.807, 2.05) is 6.92 Å². The van der Waals surface area contributed by atoms with E-state index >= 15 is 0 Å². The van der Waals surface area contributed by atoms with Gasteiger partial charge in [-0.1, -0.05) is 19.1 Å². The molecule has 2 aliphatic heterocycles. The quantitative estimate of drug-likeness (QED) is 0.246. The highest BCUT2D eigenvalue weighted by Gasteiger charge is 2.34. The summed E-state index contributed by atoms with van der Waals surface area (Å²) in [4.78, 5) is 12.7. The van der Waals surface area contributed by atoms with Crippen LogP contribution in [-0.4, -0.2) is 31.3 Å². The van der Waals surface area contributed by atoms with Gasteiger partial charge in [0.05, 0.1) is 42.4 Å². The Kier molecular flexibility index (Phi) is 6.85. The molecule has 3 aromatic rings. The van der Waals surface area contributed by atoms with Crippen LogP contribution in [0.2, 0.25) is 0 Å². The lowest BCUT2D eigenvalue weighted by Gasteiger charge is -2.16. The number of benzene rings is 2. The first-order valence-electron chi connectivity index (χ1n) is 11.9. The first-order valence-corrected chi connectivity index (χ1v) is 11.9. The molecule has 0 fully saturated rings. The largest absolute Gasteiger partial charge is 0.494 e. The Hall–Kier alpha value is -4.61. The number of halogens is 5. The van der Waals surface area contributed by atoms with Crippen LogP contribution in [0.1, 0.15) is 24.5 Å². The van der Waals surface area contributed by atoms with Crippen molar-refractivity contribution in [1.29, 1.82) is 0 Å². The van der Waals surface area contributed by atoms with Crippen LogP contribution >= 0.6 is 0 Å². The van der Waals surface area contributed by atoms with Gasteiger partial charge >= 0.3 is 6.18 Å². The number of imidazole rings is 1. The number of nitrogen functional groups attached to an aromatic ring is 1. The zero-order valence-electron chi connectivity index (χ0n) is 20.5. The molecule has 0 amide bonds. The molecule has 0 saturated carbocycles. The fourth-order valence-electron chi connectivity index (χ4n) is 4.00. The van der Waals surface area contributed by atoms with Crippen LogP contribution in [0.3, 0.4) is 0 Å². The Morgan fingerprint density at radius 3 is 2.46 bits per heavy atom. The summed E-state index contributed by atoms with van der Waals surface area (Å²) in [5.74, 6) is -1.90. The molecule has 0 bridgehead atoms. The van der Waals surface area contributed by atoms with Gasteiger partial charge in [-0.3, -0.25) is 4.68 Å². The van der Waals surface area contributed by atoms with Crippen LogP contribution in [0, 0.1) is 11.6 Å². The monoisotopic (exact) mass is 540 g/mol. The lowest BCUT2D eigenvalue weighted by molar-refractivity contribution is -0.137. The number of nitrogens with two attached hydrogens (primary N) is 1. The molecule has 0 saturated heterocycles. The smallest absolute Gasteiger partial charge is 0.417 e. The van der Waals surface area contributed by atoms with Gasteiger partial charge in [-0.15, -0.1) is 0 Å². The summed E-state index contributed by atoms with van der Waals surface area (Å²) in [7, 11) is 0. The number of aromatic nitrogens is 5. The Morgan fingerprint density at radius 2 is 1.72 bits per heavy atom. The number of alkyl halides is 3. The average Bonchev–Trinajstić information content (AvgIpc) is 3.33. The van der Waals surface area contributed by atoms with E-state index < -0.39 is 23.4 Å². The molecule has 12 heteroatoms. The van der Waals surface area contributed by atoms with Crippen LogP contribution < -0.4 is 10.5 Å². The van der Waals surface area contributed by atoms with E-state index in [1.54, 1.807) is 12.3 Å². The summed E-state index contributed by atoms with van der Waals surface area (Å²) in [5, 5.41) is 4.25. The normalized spacial score (nSPS) is 11.7. The minimum atomic E-state index is -4.63. The van der Waals surface area contributed by atoms with Gasteiger partial charge in [-0.25, -0.2) is 23.7 Å². The average molecular weight is 540 g/mol. The summed E-state index contributed by atoms with van der Waals surface area (Å²) in [5.41, 5.74) is 6.36. The molecule has 200 valence electrons. The van der Waals surface area contributed by atoms with Crippen molar-refractivity contribution >= 4 is 5.82 Å². The molecule has 3 heterocycles. The van der Waals surface area contributed by atoms with Gasteiger partial charge in [0.2, 0.25) is 0 Å². The second kappa shape index (κ2) is 10.3. The van der Waals surface area contributed by atoms with Crippen molar-refractivity contribution in [2.45, 2.75) is 26.1 Å². The Morgan fingerprint density at radius 1 is 0.923 bits per heavy atom. The molecule has 0 atom stereocenters. The van der Waals surface area contributed by atoms with E-state index in [-0.39, 0.29) is 40.8 Å². The molecule has 39 heavy (non-hydrogen) atoms. The molecule has 2 aromatic carbocycles. The third kappa shape index (κ3) is 5.35. The topological polar surface area (TPSA) is 91.7 Å². The maximum absolute atomic E-state index is 14.2. The summed E-state index contributed by atoms with van der Waals surface area (Å²) in [6, 6.07) is 10.5. The molecular weight excluding hydrogens is 519 g/mol. The molecule has 0 aliphatic carbocycles. The number of anilines is 1. The third-order valence-electron chi connectivity index (χ3n) is 5.90. The number of ether oxygens (including phenoxy) is 1. The Balaban J connectivity index is 1.42. The summed E-state index contributed by atoms with van der Waals surface area (Å²) < 4.78 is 76.1. The van der Waals surface area contributed by atoms with E-state index in [1.165, 1.54) is 41.2 Å². The van der Waals surface area contributed by atoms with Gasteiger partial charge in [0.25, 0.3) is 0 Å². The van der Waals surface area contributed by atoms with Crippen molar-refractivity contribution in [2.75, 3.05) is 12.3 Å².